The second kappa shape index (κ2) is 8.06. The molecule has 2 heterocycles. The lowest BCUT2D eigenvalue weighted by Gasteiger charge is -2.42. The van der Waals surface area contributed by atoms with Crippen molar-refractivity contribution >= 4 is 34.0 Å². The van der Waals surface area contributed by atoms with Crippen molar-refractivity contribution in [3.8, 4) is 0 Å². The molecular formula is C12H26Br2N2. The van der Waals surface area contributed by atoms with Crippen LogP contribution in [-0.4, -0.2) is 37.1 Å². The average molecular weight is 358 g/mol. The number of halogens is 2. The number of hydrogen-bond donors (Lipinski definition) is 1. The number of likely N-dealkylation sites (tertiary alicyclic amines) is 1. The number of nitrogens with zero attached hydrogens (tertiary/aromatic N) is 1. The largest absolute Gasteiger partial charge is 0.316 e. The van der Waals surface area contributed by atoms with Crippen LogP contribution in [0.5, 0.6) is 0 Å². The van der Waals surface area contributed by atoms with Crippen LogP contribution in [0, 0.1) is 11.8 Å². The third kappa shape index (κ3) is 4.28. The van der Waals surface area contributed by atoms with Crippen LogP contribution in [0.25, 0.3) is 0 Å². The first kappa shape index (κ1) is 16.9. The van der Waals surface area contributed by atoms with Crippen LogP contribution in [0.15, 0.2) is 0 Å². The lowest BCUT2D eigenvalue weighted by atomic mass is 9.90. The maximum Gasteiger partial charge on any atom is 0.0145 e. The SMILES string of the molecule is Br.Br.C[C@@H]1CCCN([C@@H]2CCNC[C@H]2C)C1. The second-order valence-corrected chi connectivity index (χ2v) is 5.28. The topological polar surface area (TPSA) is 15.3 Å². The monoisotopic (exact) mass is 356 g/mol. The molecule has 2 aliphatic heterocycles. The van der Waals surface area contributed by atoms with Crippen molar-refractivity contribution in [1.82, 2.24) is 10.2 Å². The van der Waals surface area contributed by atoms with E-state index in [9.17, 15) is 0 Å². The predicted molar refractivity (Wildman–Crippen MR) is 81.1 cm³/mol. The zero-order valence-corrected chi connectivity index (χ0v) is 13.9. The van der Waals surface area contributed by atoms with Gasteiger partial charge in [0.2, 0.25) is 0 Å². The van der Waals surface area contributed by atoms with Crippen molar-refractivity contribution in [2.45, 2.75) is 39.2 Å². The molecule has 0 aromatic heterocycles. The van der Waals surface area contributed by atoms with Crippen LogP contribution in [0.3, 0.4) is 0 Å². The van der Waals surface area contributed by atoms with Gasteiger partial charge in [0.05, 0.1) is 0 Å². The zero-order valence-electron chi connectivity index (χ0n) is 10.4. The summed E-state index contributed by atoms with van der Waals surface area (Å²) in [6, 6.07) is 0.860. The van der Waals surface area contributed by atoms with Gasteiger partial charge in [0.15, 0.2) is 0 Å². The fourth-order valence-corrected chi connectivity index (χ4v) is 3.07. The molecular weight excluding hydrogens is 332 g/mol. The Balaban J connectivity index is 0.00000112. The molecule has 2 saturated heterocycles. The van der Waals surface area contributed by atoms with Crippen molar-refractivity contribution in [1.29, 1.82) is 0 Å². The molecule has 16 heavy (non-hydrogen) atoms. The molecule has 0 bridgehead atoms. The van der Waals surface area contributed by atoms with Crippen molar-refractivity contribution in [3.05, 3.63) is 0 Å². The van der Waals surface area contributed by atoms with Crippen molar-refractivity contribution < 1.29 is 0 Å². The Bertz CT molecular complexity index is 190. The maximum absolute atomic E-state index is 3.49. The Morgan fingerprint density at radius 1 is 1.12 bits per heavy atom. The highest BCUT2D eigenvalue weighted by Crippen LogP contribution is 2.24. The summed E-state index contributed by atoms with van der Waals surface area (Å²) < 4.78 is 0. The number of piperidine rings is 2. The van der Waals surface area contributed by atoms with Gasteiger partial charge in [0.25, 0.3) is 0 Å². The van der Waals surface area contributed by atoms with E-state index in [4.69, 9.17) is 0 Å². The van der Waals surface area contributed by atoms with Gasteiger partial charge >= 0.3 is 0 Å². The fraction of sp³-hybridized carbons (Fsp3) is 1.00. The zero-order chi connectivity index (χ0) is 9.97. The van der Waals surface area contributed by atoms with E-state index in [2.05, 4.69) is 24.1 Å². The van der Waals surface area contributed by atoms with E-state index in [0.29, 0.717) is 0 Å². The summed E-state index contributed by atoms with van der Waals surface area (Å²) in [5.41, 5.74) is 0. The standard InChI is InChI=1S/C12H24N2.2BrH/c1-10-4-3-7-14(9-10)12-5-6-13-8-11(12)2;;/h10-13H,3-9H2,1-2H3;2*1H/t10-,11-,12-;;/m1../s1. The van der Waals surface area contributed by atoms with Crippen LogP contribution in [0.4, 0.5) is 0 Å². The van der Waals surface area contributed by atoms with E-state index >= 15 is 0 Å². The van der Waals surface area contributed by atoms with Gasteiger partial charge in [-0.2, -0.15) is 0 Å². The van der Waals surface area contributed by atoms with Gasteiger partial charge in [-0.25, -0.2) is 0 Å². The second-order valence-electron chi connectivity index (χ2n) is 5.28. The lowest BCUT2D eigenvalue weighted by Crippen LogP contribution is -2.51. The smallest absolute Gasteiger partial charge is 0.0145 e. The summed E-state index contributed by atoms with van der Waals surface area (Å²) in [6.45, 7) is 9.93. The van der Waals surface area contributed by atoms with Crippen LogP contribution >= 0.6 is 34.0 Å². The molecule has 1 N–H and O–H groups in total. The van der Waals surface area contributed by atoms with Gasteiger partial charge < -0.3 is 5.32 Å². The average Bonchev–Trinajstić information content (AvgIpc) is 2.18. The van der Waals surface area contributed by atoms with Crippen LogP contribution in [0.1, 0.15) is 33.1 Å². The molecule has 0 amide bonds. The highest BCUT2D eigenvalue weighted by molar-refractivity contribution is 8.93. The van der Waals surface area contributed by atoms with E-state index in [0.717, 1.165) is 17.9 Å². The van der Waals surface area contributed by atoms with E-state index in [1.54, 1.807) is 0 Å². The number of rotatable bonds is 1. The van der Waals surface area contributed by atoms with Crippen LogP contribution in [0.2, 0.25) is 0 Å². The summed E-state index contributed by atoms with van der Waals surface area (Å²) in [5, 5.41) is 3.49. The van der Waals surface area contributed by atoms with E-state index in [-0.39, 0.29) is 34.0 Å². The lowest BCUT2D eigenvalue weighted by molar-refractivity contribution is 0.0778. The van der Waals surface area contributed by atoms with Gasteiger partial charge in [-0.3, -0.25) is 4.90 Å². The summed E-state index contributed by atoms with van der Waals surface area (Å²) >= 11 is 0. The van der Waals surface area contributed by atoms with Crippen molar-refractivity contribution in [2.75, 3.05) is 26.2 Å². The molecule has 3 atom stereocenters. The van der Waals surface area contributed by atoms with E-state index in [1.807, 2.05) is 0 Å². The Kier molecular flexibility index (Phi) is 8.51. The molecule has 0 aliphatic carbocycles. The molecule has 0 saturated carbocycles. The minimum absolute atomic E-state index is 0. The van der Waals surface area contributed by atoms with Gasteiger partial charge in [-0.05, 0) is 50.7 Å². The molecule has 2 nitrogen and oxygen atoms in total. The Hall–Kier alpha value is 0.880. The highest BCUT2D eigenvalue weighted by atomic mass is 79.9. The summed E-state index contributed by atoms with van der Waals surface area (Å²) in [6.07, 6.45) is 4.21. The predicted octanol–water partition coefficient (Wildman–Crippen LogP) is 2.87. The fourth-order valence-electron chi connectivity index (χ4n) is 3.07. The highest BCUT2D eigenvalue weighted by Gasteiger charge is 2.29. The minimum atomic E-state index is 0. The molecule has 2 fully saturated rings. The van der Waals surface area contributed by atoms with E-state index < -0.39 is 0 Å². The molecule has 0 unspecified atom stereocenters. The third-order valence-electron chi connectivity index (χ3n) is 3.90. The Morgan fingerprint density at radius 2 is 1.88 bits per heavy atom. The Morgan fingerprint density at radius 3 is 2.50 bits per heavy atom. The summed E-state index contributed by atoms with van der Waals surface area (Å²) in [5.74, 6) is 1.76. The molecule has 0 aromatic rings. The molecule has 0 spiro atoms. The van der Waals surface area contributed by atoms with Gasteiger partial charge in [-0.15, -0.1) is 34.0 Å². The Labute approximate surface area is 121 Å². The first-order valence-corrected chi connectivity index (χ1v) is 6.22. The van der Waals surface area contributed by atoms with Gasteiger partial charge in [0.1, 0.15) is 0 Å². The van der Waals surface area contributed by atoms with Crippen LogP contribution < -0.4 is 5.32 Å². The molecule has 0 aromatic carbocycles. The first-order valence-electron chi connectivity index (χ1n) is 6.22. The quantitative estimate of drug-likeness (QED) is 0.776. The maximum atomic E-state index is 3.49. The molecule has 98 valence electrons. The number of nitrogens with one attached hydrogen (secondary N) is 1. The molecule has 2 aliphatic rings. The third-order valence-corrected chi connectivity index (χ3v) is 3.90. The molecule has 0 radical (unpaired) electrons. The number of hydrogen-bond acceptors (Lipinski definition) is 2. The van der Waals surface area contributed by atoms with E-state index in [1.165, 1.54) is 45.4 Å². The first-order chi connectivity index (χ1) is 6.77. The molecule has 4 heteroatoms. The normalized spacial score (nSPS) is 36.0. The summed E-state index contributed by atoms with van der Waals surface area (Å²) in [4.78, 5) is 2.75. The summed E-state index contributed by atoms with van der Waals surface area (Å²) in [7, 11) is 0. The van der Waals surface area contributed by atoms with Crippen LogP contribution in [-0.2, 0) is 0 Å². The van der Waals surface area contributed by atoms with Crippen molar-refractivity contribution in [2.24, 2.45) is 11.8 Å². The van der Waals surface area contributed by atoms with Gasteiger partial charge in [0, 0.05) is 12.6 Å². The van der Waals surface area contributed by atoms with Gasteiger partial charge in [-0.1, -0.05) is 13.8 Å². The molecule has 2 rings (SSSR count). The van der Waals surface area contributed by atoms with Crippen molar-refractivity contribution in [3.63, 3.8) is 0 Å². The minimum Gasteiger partial charge on any atom is -0.316 e.